The van der Waals surface area contributed by atoms with Crippen molar-refractivity contribution in [2.75, 3.05) is 53.1 Å². The highest BCUT2D eigenvalue weighted by Gasteiger charge is 2.16. The quantitative estimate of drug-likeness (QED) is 0.638. The Morgan fingerprint density at radius 1 is 1.18 bits per heavy atom. The normalized spacial score (nSPS) is 20.1. The number of nitrogens with one attached hydrogen (secondary N) is 1. The molecule has 2 N–H and O–H groups in total. The number of methoxy groups -OCH3 is 1. The van der Waals surface area contributed by atoms with E-state index >= 15 is 0 Å². The van der Waals surface area contributed by atoms with E-state index in [-0.39, 0.29) is 6.61 Å². The number of β-amino-alcohol motifs (C(OH)–C–C–N with tert-alkyl or cyclic N) is 1. The van der Waals surface area contributed by atoms with E-state index in [1.807, 2.05) is 12.1 Å². The van der Waals surface area contributed by atoms with E-state index in [0.29, 0.717) is 12.3 Å². The van der Waals surface area contributed by atoms with E-state index in [9.17, 15) is 5.11 Å². The van der Waals surface area contributed by atoms with Crippen LogP contribution in [0.2, 0.25) is 0 Å². The van der Waals surface area contributed by atoms with Crippen molar-refractivity contribution in [3.8, 4) is 11.5 Å². The van der Waals surface area contributed by atoms with Gasteiger partial charge in [0.15, 0.2) is 11.5 Å². The van der Waals surface area contributed by atoms with Gasteiger partial charge >= 0.3 is 0 Å². The van der Waals surface area contributed by atoms with E-state index in [4.69, 9.17) is 14.2 Å². The molecule has 1 aromatic rings. The third-order valence-corrected chi connectivity index (χ3v) is 5.72. The highest BCUT2D eigenvalue weighted by Crippen LogP contribution is 2.28. The Kier molecular flexibility index (Phi) is 8.86. The lowest BCUT2D eigenvalue weighted by atomic mass is 9.89. The number of nitrogens with zero attached hydrogens (tertiary/aromatic N) is 1. The molecule has 0 aromatic heterocycles. The van der Waals surface area contributed by atoms with Crippen molar-refractivity contribution in [2.24, 2.45) is 5.92 Å². The molecule has 2 fully saturated rings. The Hall–Kier alpha value is -1.34. The lowest BCUT2D eigenvalue weighted by Crippen LogP contribution is -2.42. The SMILES string of the molecule is COc1cc(CNCC2CCCCC2)ccc1OCC(O)CN1CCOCC1. The highest BCUT2D eigenvalue weighted by atomic mass is 16.5. The molecule has 2 aliphatic rings. The summed E-state index contributed by atoms with van der Waals surface area (Å²) >= 11 is 0. The molecule has 1 unspecified atom stereocenters. The predicted molar refractivity (Wildman–Crippen MR) is 110 cm³/mol. The predicted octanol–water partition coefficient (Wildman–Crippen LogP) is 2.44. The molecule has 0 radical (unpaired) electrons. The average Bonchev–Trinajstić information content (AvgIpc) is 2.74. The van der Waals surface area contributed by atoms with Crippen LogP contribution in [0.1, 0.15) is 37.7 Å². The van der Waals surface area contributed by atoms with Crippen molar-refractivity contribution in [1.29, 1.82) is 0 Å². The molecule has 1 atom stereocenters. The van der Waals surface area contributed by atoms with Crippen LogP contribution in [0.5, 0.6) is 11.5 Å². The van der Waals surface area contributed by atoms with Crippen LogP contribution < -0.4 is 14.8 Å². The number of hydrogen-bond donors (Lipinski definition) is 2. The zero-order valence-corrected chi connectivity index (χ0v) is 17.2. The van der Waals surface area contributed by atoms with Gasteiger partial charge in [-0.2, -0.15) is 0 Å². The number of rotatable bonds is 10. The first-order chi connectivity index (χ1) is 13.7. The molecule has 158 valence electrons. The number of aliphatic hydroxyl groups is 1. The van der Waals surface area contributed by atoms with E-state index in [0.717, 1.165) is 51.1 Å². The van der Waals surface area contributed by atoms with Crippen LogP contribution in [0.25, 0.3) is 0 Å². The zero-order chi connectivity index (χ0) is 19.6. The topological polar surface area (TPSA) is 63.2 Å². The molecule has 1 saturated heterocycles. The smallest absolute Gasteiger partial charge is 0.161 e. The van der Waals surface area contributed by atoms with Crippen molar-refractivity contribution in [3.05, 3.63) is 23.8 Å². The summed E-state index contributed by atoms with van der Waals surface area (Å²) in [5, 5.41) is 13.8. The molecule has 1 heterocycles. The van der Waals surface area contributed by atoms with Crippen LogP contribution in [0.3, 0.4) is 0 Å². The first-order valence-corrected chi connectivity index (χ1v) is 10.7. The van der Waals surface area contributed by atoms with Crippen LogP contribution in [0.4, 0.5) is 0 Å². The van der Waals surface area contributed by atoms with E-state index < -0.39 is 6.10 Å². The molecule has 6 nitrogen and oxygen atoms in total. The molecule has 1 aliphatic carbocycles. The van der Waals surface area contributed by atoms with Crippen molar-refractivity contribution in [1.82, 2.24) is 10.2 Å². The first-order valence-electron chi connectivity index (χ1n) is 10.7. The second-order valence-electron chi connectivity index (χ2n) is 8.00. The van der Waals surface area contributed by atoms with Gasteiger partial charge in [-0.15, -0.1) is 0 Å². The molecular formula is C22H36N2O4. The van der Waals surface area contributed by atoms with Gasteiger partial charge in [-0.25, -0.2) is 0 Å². The summed E-state index contributed by atoms with van der Waals surface area (Å²) in [6.45, 7) is 5.99. The molecule has 0 spiro atoms. The van der Waals surface area contributed by atoms with Crippen LogP contribution in [-0.4, -0.2) is 69.2 Å². The Morgan fingerprint density at radius 3 is 2.71 bits per heavy atom. The third-order valence-electron chi connectivity index (χ3n) is 5.72. The van der Waals surface area contributed by atoms with Gasteiger partial charge in [-0.3, -0.25) is 4.90 Å². The van der Waals surface area contributed by atoms with E-state index in [1.54, 1.807) is 7.11 Å². The lowest BCUT2D eigenvalue weighted by molar-refractivity contribution is 0.00445. The van der Waals surface area contributed by atoms with Gasteiger partial charge in [0.25, 0.3) is 0 Å². The Labute approximate surface area is 169 Å². The molecular weight excluding hydrogens is 356 g/mol. The summed E-state index contributed by atoms with van der Waals surface area (Å²) in [5.41, 5.74) is 1.19. The van der Waals surface area contributed by atoms with Crippen molar-refractivity contribution >= 4 is 0 Å². The summed E-state index contributed by atoms with van der Waals surface area (Å²) in [5.74, 6) is 2.22. The third kappa shape index (κ3) is 6.92. The summed E-state index contributed by atoms with van der Waals surface area (Å²) in [6.07, 6.45) is 6.34. The molecule has 0 bridgehead atoms. The molecule has 1 aromatic carbocycles. The van der Waals surface area contributed by atoms with E-state index in [2.05, 4.69) is 16.3 Å². The number of hydrogen-bond acceptors (Lipinski definition) is 6. The number of aliphatic hydroxyl groups excluding tert-OH is 1. The second-order valence-corrected chi connectivity index (χ2v) is 8.00. The molecule has 3 rings (SSSR count). The van der Waals surface area contributed by atoms with Crippen LogP contribution in [-0.2, 0) is 11.3 Å². The summed E-state index contributed by atoms with van der Waals surface area (Å²) < 4.78 is 16.7. The van der Waals surface area contributed by atoms with Gasteiger partial charge in [-0.1, -0.05) is 25.3 Å². The molecule has 6 heteroatoms. The molecule has 28 heavy (non-hydrogen) atoms. The minimum atomic E-state index is -0.528. The Balaban J connectivity index is 1.42. The minimum Gasteiger partial charge on any atom is -0.493 e. The molecule has 1 saturated carbocycles. The maximum atomic E-state index is 10.3. The van der Waals surface area contributed by atoms with Crippen molar-refractivity contribution in [3.63, 3.8) is 0 Å². The number of ether oxygens (including phenoxy) is 3. The first kappa shape index (κ1) is 21.4. The highest BCUT2D eigenvalue weighted by molar-refractivity contribution is 5.43. The lowest BCUT2D eigenvalue weighted by Gasteiger charge is -2.28. The summed E-state index contributed by atoms with van der Waals surface area (Å²) in [7, 11) is 1.66. The number of morpholine rings is 1. The summed E-state index contributed by atoms with van der Waals surface area (Å²) in [4.78, 5) is 2.20. The van der Waals surface area contributed by atoms with Crippen molar-refractivity contribution in [2.45, 2.75) is 44.8 Å². The van der Waals surface area contributed by atoms with Gasteiger partial charge in [0, 0.05) is 26.2 Å². The van der Waals surface area contributed by atoms with E-state index in [1.165, 1.54) is 37.7 Å². The molecule has 1 aliphatic heterocycles. The van der Waals surface area contributed by atoms with Gasteiger partial charge in [-0.05, 0) is 43.0 Å². The van der Waals surface area contributed by atoms with Crippen molar-refractivity contribution < 1.29 is 19.3 Å². The Morgan fingerprint density at radius 2 is 1.96 bits per heavy atom. The fourth-order valence-electron chi connectivity index (χ4n) is 4.07. The van der Waals surface area contributed by atoms with Gasteiger partial charge in [0.1, 0.15) is 12.7 Å². The number of benzene rings is 1. The standard InChI is InChI=1S/C22H36N2O4/c1-26-22-13-19(15-23-14-18-5-3-2-4-6-18)7-8-21(22)28-17-20(25)16-24-9-11-27-12-10-24/h7-8,13,18,20,23,25H,2-6,9-12,14-17H2,1H3. The van der Waals surface area contributed by atoms with Gasteiger partial charge in [0.2, 0.25) is 0 Å². The maximum Gasteiger partial charge on any atom is 0.161 e. The van der Waals surface area contributed by atoms with Crippen LogP contribution in [0.15, 0.2) is 18.2 Å². The summed E-state index contributed by atoms with van der Waals surface area (Å²) in [6, 6.07) is 6.04. The zero-order valence-electron chi connectivity index (χ0n) is 17.2. The molecule has 0 amide bonds. The Bertz CT molecular complexity index is 572. The van der Waals surface area contributed by atoms with Gasteiger partial charge in [0.05, 0.1) is 20.3 Å². The van der Waals surface area contributed by atoms with Crippen LogP contribution in [0, 0.1) is 5.92 Å². The average molecular weight is 393 g/mol. The monoisotopic (exact) mass is 392 g/mol. The fraction of sp³-hybridized carbons (Fsp3) is 0.727. The van der Waals surface area contributed by atoms with Gasteiger partial charge < -0.3 is 24.6 Å². The van der Waals surface area contributed by atoms with Crippen LogP contribution >= 0.6 is 0 Å². The fourth-order valence-corrected chi connectivity index (χ4v) is 4.07. The second kappa shape index (κ2) is 11.6. The minimum absolute atomic E-state index is 0.257. The maximum absolute atomic E-state index is 10.3. The largest absolute Gasteiger partial charge is 0.493 e.